The van der Waals surface area contributed by atoms with Crippen molar-refractivity contribution in [2.75, 3.05) is 20.6 Å². The predicted molar refractivity (Wildman–Crippen MR) is 28.4 cm³/mol. The van der Waals surface area contributed by atoms with Crippen molar-refractivity contribution in [2.45, 2.75) is 6.92 Å². The number of nitrogens with one attached hydrogen (secondary N) is 1. The van der Waals surface area contributed by atoms with Crippen molar-refractivity contribution in [1.82, 2.24) is 0 Å². The molecular weight excluding hydrogens is 217 g/mol. The van der Waals surface area contributed by atoms with E-state index in [0.717, 1.165) is 0 Å². The fourth-order valence-electron chi connectivity index (χ4n) is 0.498. The first-order valence-corrected chi connectivity index (χ1v) is 2.41. The average Bonchev–Trinajstić information content (AvgIpc) is 1.27. The molecule has 0 aromatic carbocycles. The molecule has 0 saturated heterocycles. The summed E-state index contributed by atoms with van der Waals surface area (Å²) in [6.07, 6.45) is 0. The fourth-order valence-corrected chi connectivity index (χ4v) is 0.498. The van der Waals surface area contributed by atoms with Gasteiger partial charge in [-0.1, -0.05) is 0 Å². The first-order chi connectivity index (χ1) is 3.13. The van der Waals surface area contributed by atoms with Crippen LogP contribution in [0.2, 0.25) is 0 Å². The molecule has 0 saturated carbocycles. The van der Waals surface area contributed by atoms with Crippen LogP contribution in [0.5, 0.6) is 0 Å². The molecule has 0 heterocycles. The lowest BCUT2D eigenvalue weighted by Gasteiger charge is -2.00. The first-order valence-electron chi connectivity index (χ1n) is 2.41. The molecule has 8 heavy (non-hydrogen) atoms. The summed E-state index contributed by atoms with van der Waals surface area (Å²) >= 11 is 0. The third kappa shape index (κ3) is 9.61. The minimum absolute atomic E-state index is 0. The quantitative estimate of drug-likeness (QED) is 0.476. The van der Waals surface area contributed by atoms with Gasteiger partial charge in [-0.05, 0) is 0 Å². The SMILES string of the molecule is CC(=O)C[NH+](C)C.[I-]. The topological polar surface area (TPSA) is 21.5 Å². The van der Waals surface area contributed by atoms with E-state index in [0.29, 0.717) is 6.54 Å². The number of ketones is 1. The molecule has 0 radical (unpaired) electrons. The van der Waals surface area contributed by atoms with Crippen LogP contribution in [0.1, 0.15) is 6.92 Å². The normalized spacial score (nSPS) is 8.50. The van der Waals surface area contributed by atoms with E-state index in [-0.39, 0.29) is 29.8 Å². The van der Waals surface area contributed by atoms with Gasteiger partial charge in [0, 0.05) is 6.92 Å². The number of hydrogen-bond donors (Lipinski definition) is 1. The number of carbonyl (C=O) groups is 1. The third-order valence-electron chi connectivity index (χ3n) is 0.602. The summed E-state index contributed by atoms with van der Waals surface area (Å²) in [6.45, 7) is 2.24. The second kappa shape index (κ2) is 5.50. The van der Waals surface area contributed by atoms with E-state index in [2.05, 4.69) is 0 Å². The number of quaternary nitrogens is 1. The van der Waals surface area contributed by atoms with Crippen LogP contribution in [-0.2, 0) is 4.79 Å². The molecule has 2 nitrogen and oxygen atoms in total. The number of halogens is 1. The number of carbonyl (C=O) groups excluding carboxylic acids is 1. The molecule has 0 aliphatic rings. The van der Waals surface area contributed by atoms with Crippen LogP contribution in [0.3, 0.4) is 0 Å². The molecule has 0 aliphatic carbocycles. The Bertz CT molecular complexity index is 72.8. The molecule has 0 spiro atoms. The molecule has 3 heteroatoms. The van der Waals surface area contributed by atoms with Crippen LogP contribution in [0.15, 0.2) is 0 Å². The molecular formula is C5H12INO. The predicted octanol–water partition coefficient (Wildman–Crippen LogP) is -4.28. The Morgan fingerprint density at radius 2 is 1.88 bits per heavy atom. The maximum atomic E-state index is 10.2. The molecule has 0 bridgehead atoms. The van der Waals surface area contributed by atoms with Gasteiger partial charge in [-0.3, -0.25) is 4.79 Å². The minimum Gasteiger partial charge on any atom is -1.00 e. The second-order valence-electron chi connectivity index (χ2n) is 2.09. The lowest BCUT2D eigenvalue weighted by molar-refractivity contribution is -0.849. The standard InChI is InChI=1S/C5H11NO.HI/c1-5(7)4-6(2)3;/h4H2,1-3H3;1H. The Kier molecular flexibility index (Phi) is 7.69. The summed E-state index contributed by atoms with van der Waals surface area (Å²) in [5, 5.41) is 0. The van der Waals surface area contributed by atoms with Gasteiger partial charge in [0.1, 0.15) is 6.54 Å². The summed E-state index contributed by atoms with van der Waals surface area (Å²) < 4.78 is 0. The molecule has 1 N–H and O–H groups in total. The van der Waals surface area contributed by atoms with Crippen molar-refractivity contribution >= 4 is 5.78 Å². The zero-order chi connectivity index (χ0) is 5.86. The van der Waals surface area contributed by atoms with Crippen LogP contribution in [0.4, 0.5) is 0 Å². The summed E-state index contributed by atoms with van der Waals surface area (Å²) in [4.78, 5) is 11.4. The van der Waals surface area contributed by atoms with Crippen molar-refractivity contribution in [3.63, 3.8) is 0 Å². The fraction of sp³-hybridized carbons (Fsp3) is 0.800. The van der Waals surface area contributed by atoms with E-state index in [1.165, 1.54) is 4.90 Å². The maximum Gasteiger partial charge on any atom is 0.183 e. The van der Waals surface area contributed by atoms with Gasteiger partial charge in [0.2, 0.25) is 0 Å². The highest BCUT2D eigenvalue weighted by atomic mass is 127. The van der Waals surface area contributed by atoms with Gasteiger partial charge in [-0.15, -0.1) is 0 Å². The van der Waals surface area contributed by atoms with E-state index >= 15 is 0 Å². The Balaban J connectivity index is 0. The first kappa shape index (κ1) is 11.2. The van der Waals surface area contributed by atoms with Crippen molar-refractivity contribution in [3.8, 4) is 0 Å². The van der Waals surface area contributed by atoms with Crippen molar-refractivity contribution in [1.29, 1.82) is 0 Å². The highest BCUT2D eigenvalue weighted by Gasteiger charge is 1.95. The third-order valence-corrected chi connectivity index (χ3v) is 0.602. The number of Topliss-reactive ketones (excluding diaryl/α,β-unsaturated/α-hetero) is 1. The molecule has 50 valence electrons. The van der Waals surface area contributed by atoms with E-state index < -0.39 is 0 Å². The molecule has 0 rings (SSSR count). The Labute approximate surface area is 67.3 Å². The van der Waals surface area contributed by atoms with Crippen LogP contribution in [-0.4, -0.2) is 26.4 Å². The molecule has 0 aromatic heterocycles. The number of rotatable bonds is 2. The Morgan fingerprint density at radius 1 is 1.50 bits per heavy atom. The summed E-state index contributed by atoms with van der Waals surface area (Å²) in [5.41, 5.74) is 0. The molecule has 0 amide bonds. The highest BCUT2D eigenvalue weighted by molar-refractivity contribution is 5.76. The summed E-state index contributed by atoms with van der Waals surface area (Å²) in [6, 6.07) is 0. The molecule has 0 aromatic rings. The molecule has 0 atom stereocenters. The van der Waals surface area contributed by atoms with Crippen molar-refractivity contribution in [3.05, 3.63) is 0 Å². The van der Waals surface area contributed by atoms with Crippen LogP contribution in [0.25, 0.3) is 0 Å². The molecule has 0 unspecified atom stereocenters. The van der Waals surface area contributed by atoms with E-state index in [1.807, 2.05) is 14.1 Å². The van der Waals surface area contributed by atoms with Crippen molar-refractivity contribution in [2.24, 2.45) is 0 Å². The van der Waals surface area contributed by atoms with Gasteiger partial charge in [-0.25, -0.2) is 0 Å². The number of hydrogen-bond acceptors (Lipinski definition) is 1. The van der Waals surface area contributed by atoms with Gasteiger partial charge in [0.15, 0.2) is 5.78 Å². The van der Waals surface area contributed by atoms with E-state index in [1.54, 1.807) is 6.92 Å². The Morgan fingerprint density at radius 3 is 1.88 bits per heavy atom. The molecule has 0 fully saturated rings. The average molecular weight is 229 g/mol. The van der Waals surface area contributed by atoms with E-state index in [4.69, 9.17) is 0 Å². The van der Waals surface area contributed by atoms with Crippen LogP contribution in [0, 0.1) is 0 Å². The largest absolute Gasteiger partial charge is 1.00 e. The van der Waals surface area contributed by atoms with Gasteiger partial charge >= 0.3 is 0 Å². The van der Waals surface area contributed by atoms with Gasteiger partial charge in [0.05, 0.1) is 14.1 Å². The smallest absolute Gasteiger partial charge is 0.183 e. The van der Waals surface area contributed by atoms with Gasteiger partial charge < -0.3 is 28.9 Å². The highest BCUT2D eigenvalue weighted by Crippen LogP contribution is 1.52. The van der Waals surface area contributed by atoms with Crippen LogP contribution >= 0.6 is 0 Å². The number of likely N-dealkylation sites (N-methyl/N-ethyl adjacent to an activating group) is 1. The lowest BCUT2D eigenvalue weighted by atomic mass is 10.4. The maximum absolute atomic E-state index is 10.2. The van der Waals surface area contributed by atoms with E-state index in [9.17, 15) is 4.79 Å². The van der Waals surface area contributed by atoms with Crippen LogP contribution < -0.4 is 28.9 Å². The lowest BCUT2D eigenvalue weighted by Crippen LogP contribution is -3.06. The second-order valence-corrected chi connectivity index (χ2v) is 2.09. The summed E-state index contributed by atoms with van der Waals surface area (Å²) in [7, 11) is 3.92. The van der Waals surface area contributed by atoms with Gasteiger partial charge in [0.25, 0.3) is 0 Å². The Hall–Kier alpha value is 0.360. The molecule has 0 aliphatic heterocycles. The van der Waals surface area contributed by atoms with Crippen molar-refractivity contribution < 1.29 is 33.7 Å². The zero-order valence-corrected chi connectivity index (χ0v) is 7.65. The summed E-state index contributed by atoms with van der Waals surface area (Å²) in [5.74, 6) is 0.250. The zero-order valence-electron chi connectivity index (χ0n) is 5.49. The minimum atomic E-state index is 0. The monoisotopic (exact) mass is 229 g/mol. The van der Waals surface area contributed by atoms with Gasteiger partial charge in [-0.2, -0.15) is 0 Å².